The van der Waals surface area contributed by atoms with Gasteiger partial charge in [-0.15, -0.1) is 0 Å². The number of rotatable bonds is 3. The Kier molecular flexibility index (Phi) is 4.00. The Morgan fingerprint density at radius 2 is 2.11 bits per heavy atom. The average molecular weight is 275 g/mol. The van der Waals surface area contributed by atoms with E-state index in [0.29, 0.717) is 5.69 Å². The lowest BCUT2D eigenvalue weighted by atomic mass is 10.2. The Labute approximate surface area is 106 Å². The van der Waals surface area contributed by atoms with Crippen molar-refractivity contribution in [3.8, 4) is 0 Å². The average Bonchev–Trinajstić information content (AvgIpc) is 2.58. The predicted molar refractivity (Wildman–Crippen MR) is 65.5 cm³/mol. The molecule has 1 aromatic rings. The molecule has 1 rings (SSSR count). The first kappa shape index (κ1) is 14.5. The highest BCUT2D eigenvalue weighted by Gasteiger charge is 2.17. The van der Waals surface area contributed by atoms with Crippen LogP contribution in [0.15, 0.2) is 12.3 Å². The van der Waals surface area contributed by atoms with Crippen LogP contribution in [-0.4, -0.2) is 35.6 Å². The predicted octanol–water partition coefficient (Wildman–Crippen LogP) is 0.716. The zero-order valence-corrected chi connectivity index (χ0v) is 11.6. The fourth-order valence-electron chi connectivity index (χ4n) is 1.22. The van der Waals surface area contributed by atoms with Gasteiger partial charge in [0.05, 0.1) is 24.7 Å². The van der Waals surface area contributed by atoms with Gasteiger partial charge in [-0.1, -0.05) is 0 Å². The maximum Gasteiger partial charge on any atom is 0.407 e. The summed E-state index contributed by atoms with van der Waals surface area (Å²) in [5, 5.41) is 6.14. The molecule has 0 aliphatic rings. The van der Waals surface area contributed by atoms with Gasteiger partial charge in [-0.05, 0) is 26.8 Å². The van der Waals surface area contributed by atoms with Crippen molar-refractivity contribution in [2.45, 2.75) is 32.9 Å². The first-order chi connectivity index (χ1) is 8.09. The van der Waals surface area contributed by atoms with E-state index in [-0.39, 0.29) is 6.54 Å². The van der Waals surface area contributed by atoms with Gasteiger partial charge in [0.25, 0.3) is 10.0 Å². The van der Waals surface area contributed by atoms with Crippen LogP contribution in [0.5, 0.6) is 0 Å². The first-order valence-corrected chi connectivity index (χ1v) is 7.15. The molecule has 0 saturated carbocycles. The zero-order valence-electron chi connectivity index (χ0n) is 10.8. The molecule has 0 unspecified atom stereocenters. The number of nitrogens with zero attached hydrogens (tertiary/aromatic N) is 2. The second kappa shape index (κ2) is 4.97. The standard InChI is InChI=1S/C10H17N3O4S/c1-10(2,3)17-9(14)11-7-8-5-6-12-13(8)18(4,15)16/h5-6H,7H2,1-4H3,(H,11,14). The summed E-state index contributed by atoms with van der Waals surface area (Å²) in [6.45, 7) is 5.26. The van der Waals surface area contributed by atoms with Crippen molar-refractivity contribution in [3.05, 3.63) is 18.0 Å². The smallest absolute Gasteiger partial charge is 0.407 e. The first-order valence-electron chi connectivity index (χ1n) is 5.30. The molecule has 1 N–H and O–H groups in total. The van der Waals surface area contributed by atoms with Crippen LogP contribution in [0.25, 0.3) is 0 Å². The zero-order chi connectivity index (χ0) is 14.0. The Morgan fingerprint density at radius 3 is 2.61 bits per heavy atom. The van der Waals surface area contributed by atoms with Crippen molar-refractivity contribution >= 4 is 16.1 Å². The minimum atomic E-state index is -3.46. The molecule has 1 heterocycles. The molecule has 0 bridgehead atoms. The van der Waals surface area contributed by atoms with Gasteiger partial charge in [0, 0.05) is 0 Å². The van der Waals surface area contributed by atoms with Crippen molar-refractivity contribution in [3.63, 3.8) is 0 Å². The molecule has 1 amide bonds. The van der Waals surface area contributed by atoms with E-state index in [1.165, 1.54) is 12.3 Å². The van der Waals surface area contributed by atoms with Crippen molar-refractivity contribution < 1.29 is 17.9 Å². The SMILES string of the molecule is CC(C)(C)OC(=O)NCc1ccnn1S(C)(=O)=O. The van der Waals surface area contributed by atoms with Gasteiger partial charge in [0.1, 0.15) is 5.60 Å². The summed E-state index contributed by atoms with van der Waals surface area (Å²) >= 11 is 0. The van der Waals surface area contributed by atoms with E-state index in [4.69, 9.17) is 4.74 Å². The van der Waals surface area contributed by atoms with E-state index in [2.05, 4.69) is 10.4 Å². The van der Waals surface area contributed by atoms with Crippen LogP contribution in [0.1, 0.15) is 26.5 Å². The van der Waals surface area contributed by atoms with Crippen molar-refractivity contribution in [1.82, 2.24) is 14.5 Å². The summed E-state index contributed by atoms with van der Waals surface area (Å²) < 4.78 is 28.6. The fourth-order valence-corrected chi connectivity index (χ4v) is 2.00. The van der Waals surface area contributed by atoms with Gasteiger partial charge in [0.2, 0.25) is 0 Å². The molecule has 0 aliphatic carbocycles. The van der Waals surface area contributed by atoms with Crippen molar-refractivity contribution in [1.29, 1.82) is 0 Å². The van der Waals surface area contributed by atoms with Crippen LogP contribution in [0.2, 0.25) is 0 Å². The lowest BCUT2D eigenvalue weighted by Gasteiger charge is -2.19. The number of ether oxygens (including phenoxy) is 1. The van der Waals surface area contributed by atoms with Gasteiger partial charge < -0.3 is 10.1 Å². The van der Waals surface area contributed by atoms with E-state index in [0.717, 1.165) is 10.3 Å². The molecule has 18 heavy (non-hydrogen) atoms. The van der Waals surface area contributed by atoms with Crippen LogP contribution in [0.4, 0.5) is 4.79 Å². The monoisotopic (exact) mass is 275 g/mol. The summed E-state index contributed by atoms with van der Waals surface area (Å²) in [6.07, 6.45) is 1.79. The number of amides is 1. The molecular weight excluding hydrogens is 258 g/mol. The molecule has 8 heteroatoms. The summed E-state index contributed by atoms with van der Waals surface area (Å²) in [7, 11) is -3.46. The van der Waals surface area contributed by atoms with Crippen LogP contribution in [0.3, 0.4) is 0 Å². The van der Waals surface area contributed by atoms with E-state index in [9.17, 15) is 13.2 Å². The molecule has 0 aromatic carbocycles. The van der Waals surface area contributed by atoms with Gasteiger partial charge in [-0.2, -0.15) is 9.19 Å². The molecule has 7 nitrogen and oxygen atoms in total. The van der Waals surface area contributed by atoms with E-state index in [1.807, 2.05) is 0 Å². The van der Waals surface area contributed by atoms with E-state index < -0.39 is 21.7 Å². The summed E-state index contributed by atoms with van der Waals surface area (Å²) in [6, 6.07) is 1.51. The summed E-state index contributed by atoms with van der Waals surface area (Å²) in [5.41, 5.74) is -0.232. The Hall–Kier alpha value is -1.57. The maximum absolute atomic E-state index is 11.4. The molecule has 0 aliphatic heterocycles. The number of alkyl carbamates (subject to hydrolysis) is 1. The number of nitrogens with one attached hydrogen (secondary N) is 1. The third-order valence-corrected chi connectivity index (χ3v) is 2.77. The summed E-state index contributed by atoms with van der Waals surface area (Å²) in [5.74, 6) is 0. The van der Waals surface area contributed by atoms with E-state index in [1.54, 1.807) is 20.8 Å². The highest BCUT2D eigenvalue weighted by Crippen LogP contribution is 2.07. The molecule has 0 radical (unpaired) electrons. The maximum atomic E-state index is 11.4. The van der Waals surface area contributed by atoms with Crippen molar-refractivity contribution in [2.24, 2.45) is 0 Å². The van der Waals surface area contributed by atoms with Crippen LogP contribution in [-0.2, 0) is 21.3 Å². The van der Waals surface area contributed by atoms with Crippen LogP contribution < -0.4 is 5.32 Å². The molecule has 0 fully saturated rings. The fraction of sp³-hybridized carbons (Fsp3) is 0.600. The molecule has 1 aromatic heterocycles. The topological polar surface area (TPSA) is 90.3 Å². The molecule has 102 valence electrons. The Morgan fingerprint density at radius 1 is 1.50 bits per heavy atom. The third kappa shape index (κ3) is 4.36. The van der Waals surface area contributed by atoms with Crippen LogP contribution in [0, 0.1) is 0 Å². The number of carbonyl (C=O) groups is 1. The number of hydrogen-bond donors (Lipinski definition) is 1. The lowest BCUT2D eigenvalue weighted by Crippen LogP contribution is -2.33. The minimum Gasteiger partial charge on any atom is -0.444 e. The van der Waals surface area contributed by atoms with Gasteiger partial charge in [0.15, 0.2) is 0 Å². The molecule has 0 atom stereocenters. The second-order valence-electron chi connectivity index (χ2n) is 4.78. The number of hydrogen-bond acceptors (Lipinski definition) is 5. The third-order valence-electron chi connectivity index (χ3n) is 1.81. The Bertz CT molecular complexity index is 528. The van der Waals surface area contributed by atoms with Gasteiger partial charge in [-0.3, -0.25) is 0 Å². The van der Waals surface area contributed by atoms with Crippen molar-refractivity contribution in [2.75, 3.05) is 6.26 Å². The second-order valence-corrected chi connectivity index (χ2v) is 6.60. The largest absolute Gasteiger partial charge is 0.444 e. The molecule has 0 saturated heterocycles. The van der Waals surface area contributed by atoms with Gasteiger partial charge in [-0.25, -0.2) is 13.2 Å². The van der Waals surface area contributed by atoms with E-state index >= 15 is 0 Å². The lowest BCUT2D eigenvalue weighted by molar-refractivity contribution is 0.0522. The molecule has 0 spiro atoms. The quantitative estimate of drug-likeness (QED) is 0.877. The number of aromatic nitrogens is 2. The molecular formula is C10H17N3O4S. The minimum absolute atomic E-state index is 0.0297. The summed E-state index contributed by atoms with van der Waals surface area (Å²) in [4.78, 5) is 11.4. The Balaban J connectivity index is 2.66. The normalized spacial score (nSPS) is 12.2. The highest BCUT2D eigenvalue weighted by molar-refractivity contribution is 7.89. The highest BCUT2D eigenvalue weighted by atomic mass is 32.2. The number of carbonyl (C=O) groups excluding carboxylic acids is 1. The van der Waals surface area contributed by atoms with Crippen LogP contribution >= 0.6 is 0 Å². The van der Waals surface area contributed by atoms with Gasteiger partial charge >= 0.3 is 6.09 Å².